The quantitative estimate of drug-likeness (QED) is 0.753. The van der Waals surface area contributed by atoms with Gasteiger partial charge in [-0.05, 0) is 31.0 Å². The Labute approximate surface area is 161 Å². The Balaban J connectivity index is 1.39. The number of carbonyl (C=O) groups is 2. The topological polar surface area (TPSA) is 89.4 Å². The molecule has 8 nitrogen and oxygen atoms in total. The molecule has 2 aromatic heterocycles. The number of benzene rings is 1. The molecular formula is C20H19N5O3. The van der Waals surface area contributed by atoms with E-state index in [4.69, 9.17) is 4.74 Å². The first kappa shape index (κ1) is 16.7. The van der Waals surface area contributed by atoms with Gasteiger partial charge in [0, 0.05) is 18.6 Å². The van der Waals surface area contributed by atoms with E-state index in [2.05, 4.69) is 15.4 Å². The van der Waals surface area contributed by atoms with Gasteiger partial charge in [-0.3, -0.25) is 19.3 Å². The first-order valence-corrected chi connectivity index (χ1v) is 9.25. The summed E-state index contributed by atoms with van der Waals surface area (Å²) in [5.74, 6) is -0.0304. The normalized spacial score (nSPS) is 19.1. The third kappa shape index (κ3) is 2.77. The highest BCUT2D eigenvalue weighted by Crippen LogP contribution is 2.36. The maximum absolute atomic E-state index is 12.8. The molecule has 8 heteroatoms. The van der Waals surface area contributed by atoms with Crippen LogP contribution in [0.25, 0.3) is 10.9 Å². The highest BCUT2D eigenvalue weighted by atomic mass is 16.5. The number of anilines is 1. The van der Waals surface area contributed by atoms with Gasteiger partial charge in [-0.15, -0.1) is 0 Å². The molecule has 2 aliphatic rings. The van der Waals surface area contributed by atoms with E-state index in [0.717, 1.165) is 23.7 Å². The largest absolute Gasteiger partial charge is 0.489 e. The molecule has 3 aromatic rings. The Kier molecular flexibility index (Phi) is 3.78. The molecule has 1 aromatic carbocycles. The number of amides is 2. The lowest BCUT2D eigenvalue weighted by molar-refractivity contribution is -0.120. The van der Waals surface area contributed by atoms with Crippen molar-refractivity contribution >= 4 is 28.4 Å². The number of nitrogens with zero attached hydrogens (tertiary/aromatic N) is 4. The lowest BCUT2D eigenvalue weighted by Crippen LogP contribution is -2.49. The highest BCUT2D eigenvalue weighted by Gasteiger charge is 2.31. The summed E-state index contributed by atoms with van der Waals surface area (Å²) in [6.07, 6.45) is 5.60. The molecule has 0 bridgehead atoms. The van der Waals surface area contributed by atoms with Gasteiger partial charge in [-0.1, -0.05) is 12.1 Å². The minimum Gasteiger partial charge on any atom is -0.489 e. The lowest BCUT2D eigenvalue weighted by atomic mass is 10.2. The fourth-order valence-electron chi connectivity index (χ4n) is 3.46. The van der Waals surface area contributed by atoms with Crippen molar-refractivity contribution in [2.24, 2.45) is 0 Å². The molecule has 0 unspecified atom stereocenters. The Morgan fingerprint density at radius 3 is 2.89 bits per heavy atom. The Bertz CT molecular complexity index is 1090. The molecule has 3 heterocycles. The number of pyridine rings is 1. The number of hydrogen-bond acceptors (Lipinski definition) is 5. The highest BCUT2D eigenvalue weighted by molar-refractivity contribution is 6.03. The van der Waals surface area contributed by atoms with Crippen LogP contribution in [0.4, 0.5) is 5.69 Å². The first-order valence-electron chi connectivity index (χ1n) is 9.25. The summed E-state index contributed by atoms with van der Waals surface area (Å²) in [7, 11) is 1.67. The second kappa shape index (κ2) is 6.33. The number of fused-ring (bicyclic) bond motifs is 2. The van der Waals surface area contributed by atoms with Gasteiger partial charge in [0.15, 0.2) is 0 Å². The van der Waals surface area contributed by atoms with E-state index < -0.39 is 11.9 Å². The van der Waals surface area contributed by atoms with E-state index in [1.54, 1.807) is 31.6 Å². The molecule has 0 spiro atoms. The number of likely N-dealkylation sites (N-methyl/N-ethyl adjacent to an activating group) is 1. The molecule has 0 radical (unpaired) electrons. The van der Waals surface area contributed by atoms with Gasteiger partial charge in [0.1, 0.15) is 24.1 Å². The Morgan fingerprint density at radius 2 is 2.07 bits per heavy atom. The molecule has 2 amide bonds. The number of para-hydroxylation sites is 2. The van der Waals surface area contributed by atoms with Gasteiger partial charge in [0.05, 0.1) is 23.4 Å². The number of carbonyl (C=O) groups excluding carboxylic acids is 2. The van der Waals surface area contributed by atoms with Crippen molar-refractivity contribution in [2.45, 2.75) is 24.9 Å². The van der Waals surface area contributed by atoms with E-state index >= 15 is 0 Å². The summed E-state index contributed by atoms with van der Waals surface area (Å²) in [6.45, 7) is 0.0637. The van der Waals surface area contributed by atoms with Gasteiger partial charge in [0.25, 0.3) is 11.8 Å². The standard InChI is InChI=1S/C20H19N5O3/c1-24-16-4-2-3-5-18(16)28-11-15(20(24)27)23-19(26)14-8-17-12(9-21-14)10-22-25(17)13-6-7-13/h2-5,8-10,13,15H,6-7,11H2,1H3,(H,23,26)/t15-/m0/s1. The molecule has 1 N–H and O–H groups in total. The summed E-state index contributed by atoms with van der Waals surface area (Å²) >= 11 is 0. The molecule has 5 rings (SSSR count). The summed E-state index contributed by atoms with van der Waals surface area (Å²) in [5, 5.41) is 8.05. The number of nitrogens with one attached hydrogen (secondary N) is 1. The third-order valence-electron chi connectivity index (χ3n) is 5.17. The Hall–Kier alpha value is -3.42. The van der Waals surface area contributed by atoms with Crippen molar-refractivity contribution in [2.75, 3.05) is 18.6 Å². The monoisotopic (exact) mass is 377 g/mol. The van der Waals surface area contributed by atoms with Crippen LogP contribution in [0, 0.1) is 0 Å². The van der Waals surface area contributed by atoms with Crippen LogP contribution in [0.1, 0.15) is 29.4 Å². The fourth-order valence-corrected chi connectivity index (χ4v) is 3.46. The van der Waals surface area contributed by atoms with Crippen LogP contribution >= 0.6 is 0 Å². The van der Waals surface area contributed by atoms with E-state index in [1.165, 1.54) is 4.90 Å². The maximum atomic E-state index is 12.8. The van der Waals surface area contributed by atoms with Crippen LogP contribution < -0.4 is 15.0 Å². The molecule has 1 aliphatic heterocycles. The molecule has 0 saturated heterocycles. The van der Waals surface area contributed by atoms with Gasteiger partial charge in [-0.2, -0.15) is 5.10 Å². The molecular weight excluding hydrogens is 358 g/mol. The second-order valence-corrected chi connectivity index (χ2v) is 7.15. The molecule has 1 fully saturated rings. The summed E-state index contributed by atoms with van der Waals surface area (Å²) in [5.41, 5.74) is 1.82. The molecule has 1 atom stereocenters. The fraction of sp³-hybridized carbons (Fsp3) is 0.300. The average molecular weight is 377 g/mol. The van der Waals surface area contributed by atoms with Crippen LogP contribution in [0.15, 0.2) is 42.7 Å². The van der Waals surface area contributed by atoms with Gasteiger partial charge >= 0.3 is 0 Å². The zero-order valence-corrected chi connectivity index (χ0v) is 15.3. The second-order valence-electron chi connectivity index (χ2n) is 7.15. The maximum Gasteiger partial charge on any atom is 0.270 e. The van der Waals surface area contributed by atoms with Crippen molar-refractivity contribution < 1.29 is 14.3 Å². The first-order chi connectivity index (χ1) is 13.6. The number of hydrogen-bond donors (Lipinski definition) is 1. The predicted molar refractivity (Wildman–Crippen MR) is 102 cm³/mol. The van der Waals surface area contributed by atoms with Gasteiger partial charge in [0.2, 0.25) is 0 Å². The van der Waals surface area contributed by atoms with Crippen molar-refractivity contribution in [1.82, 2.24) is 20.1 Å². The third-order valence-corrected chi connectivity index (χ3v) is 5.17. The number of aromatic nitrogens is 3. The molecule has 1 saturated carbocycles. The molecule has 142 valence electrons. The average Bonchev–Trinajstić information content (AvgIpc) is 3.49. The predicted octanol–water partition coefficient (Wildman–Crippen LogP) is 1.92. The van der Waals surface area contributed by atoms with Crippen LogP contribution in [0.5, 0.6) is 5.75 Å². The molecule has 1 aliphatic carbocycles. The molecule has 28 heavy (non-hydrogen) atoms. The Morgan fingerprint density at radius 1 is 1.25 bits per heavy atom. The number of rotatable bonds is 3. The van der Waals surface area contributed by atoms with E-state index in [-0.39, 0.29) is 18.2 Å². The minimum atomic E-state index is -0.796. The smallest absolute Gasteiger partial charge is 0.270 e. The number of ether oxygens (including phenoxy) is 1. The van der Waals surface area contributed by atoms with Crippen LogP contribution in [0.2, 0.25) is 0 Å². The van der Waals surface area contributed by atoms with Crippen LogP contribution in [-0.4, -0.2) is 46.3 Å². The summed E-state index contributed by atoms with van der Waals surface area (Å²) in [6, 6.07) is 8.64. The lowest BCUT2D eigenvalue weighted by Gasteiger charge is -2.20. The van der Waals surface area contributed by atoms with Gasteiger partial charge < -0.3 is 15.0 Å². The van der Waals surface area contributed by atoms with Crippen LogP contribution in [-0.2, 0) is 4.79 Å². The zero-order valence-electron chi connectivity index (χ0n) is 15.3. The minimum absolute atomic E-state index is 0.0637. The summed E-state index contributed by atoms with van der Waals surface area (Å²) < 4.78 is 7.69. The van der Waals surface area contributed by atoms with Crippen LogP contribution in [0.3, 0.4) is 0 Å². The van der Waals surface area contributed by atoms with E-state index in [0.29, 0.717) is 17.5 Å². The zero-order chi connectivity index (χ0) is 19.3. The summed E-state index contributed by atoms with van der Waals surface area (Å²) in [4.78, 5) is 31.3. The van der Waals surface area contributed by atoms with Gasteiger partial charge in [-0.25, -0.2) is 0 Å². The van der Waals surface area contributed by atoms with E-state index in [1.807, 2.05) is 22.9 Å². The van der Waals surface area contributed by atoms with Crippen molar-refractivity contribution in [1.29, 1.82) is 0 Å². The van der Waals surface area contributed by atoms with E-state index in [9.17, 15) is 9.59 Å². The van der Waals surface area contributed by atoms with Crippen molar-refractivity contribution in [3.63, 3.8) is 0 Å². The SMILES string of the molecule is CN1C(=O)[C@@H](NC(=O)c2cc3c(cn2)cnn3C2CC2)COc2ccccc21. The van der Waals surface area contributed by atoms with Crippen molar-refractivity contribution in [3.05, 3.63) is 48.4 Å². The van der Waals surface area contributed by atoms with Crippen molar-refractivity contribution in [3.8, 4) is 5.75 Å².